The molecule has 1 amide bonds. The topological polar surface area (TPSA) is 71.7 Å². The number of hydrogen-bond donors (Lipinski definition) is 1. The predicted molar refractivity (Wildman–Crippen MR) is 105 cm³/mol. The third-order valence-electron chi connectivity index (χ3n) is 6.40. The Balaban J connectivity index is 1.51. The maximum Gasteiger partial charge on any atom is 0.246 e. The third-order valence-corrected chi connectivity index (χ3v) is 6.40. The molecular formula is C21H26FN5O. The van der Waals surface area contributed by atoms with Crippen molar-refractivity contribution >= 4 is 17.6 Å². The van der Waals surface area contributed by atoms with Crippen molar-refractivity contribution in [3.05, 3.63) is 30.1 Å². The molecule has 7 heteroatoms. The summed E-state index contributed by atoms with van der Waals surface area (Å²) in [5, 5.41) is 12.5. The number of aliphatic imine (C=N–C) groups is 1. The molecule has 0 radical (unpaired) electrons. The Morgan fingerprint density at radius 2 is 1.82 bits per heavy atom. The number of carbonyl (C=O) groups is 1. The van der Waals surface area contributed by atoms with Crippen LogP contribution in [0.2, 0.25) is 0 Å². The average Bonchev–Trinajstić information content (AvgIpc) is 2.71. The number of amides is 1. The zero-order chi connectivity index (χ0) is 19.7. The molecule has 1 unspecified atom stereocenters. The molecule has 6 nitrogen and oxygen atoms in total. The molecule has 28 heavy (non-hydrogen) atoms. The van der Waals surface area contributed by atoms with Crippen molar-refractivity contribution in [1.29, 1.82) is 5.26 Å². The normalized spacial score (nSPS) is 30.6. The number of nitriles is 1. The van der Waals surface area contributed by atoms with Gasteiger partial charge in [0.15, 0.2) is 5.92 Å². The fourth-order valence-corrected chi connectivity index (χ4v) is 4.59. The van der Waals surface area contributed by atoms with Gasteiger partial charge in [-0.05, 0) is 43.7 Å². The van der Waals surface area contributed by atoms with Gasteiger partial charge in [-0.3, -0.25) is 10.1 Å². The van der Waals surface area contributed by atoms with E-state index in [0.29, 0.717) is 43.7 Å². The maximum atomic E-state index is 14.1. The fourth-order valence-electron chi connectivity index (χ4n) is 4.59. The molecule has 2 fully saturated rings. The molecule has 1 N–H and O–H groups in total. The van der Waals surface area contributed by atoms with Crippen LogP contribution in [0.4, 0.5) is 10.1 Å². The number of nitrogens with zero attached hydrogens (tertiary/aromatic N) is 4. The van der Waals surface area contributed by atoms with Crippen LogP contribution in [0.1, 0.15) is 32.6 Å². The second kappa shape index (κ2) is 7.42. The minimum Gasteiger partial charge on any atom is -0.366 e. The van der Waals surface area contributed by atoms with Crippen LogP contribution < -0.4 is 10.2 Å². The molecule has 0 aromatic heterocycles. The van der Waals surface area contributed by atoms with Gasteiger partial charge in [-0.15, -0.1) is 0 Å². The van der Waals surface area contributed by atoms with Crippen LogP contribution in [-0.2, 0) is 4.79 Å². The number of piperazine rings is 1. The lowest BCUT2D eigenvalue weighted by atomic mass is 9.70. The van der Waals surface area contributed by atoms with E-state index in [1.807, 2.05) is 11.0 Å². The molecule has 1 spiro atoms. The van der Waals surface area contributed by atoms with Gasteiger partial charge in [-0.1, -0.05) is 19.1 Å². The molecule has 1 aliphatic carbocycles. The van der Waals surface area contributed by atoms with Crippen molar-refractivity contribution in [2.24, 2.45) is 16.8 Å². The summed E-state index contributed by atoms with van der Waals surface area (Å²) < 4.78 is 14.1. The highest BCUT2D eigenvalue weighted by atomic mass is 19.1. The average molecular weight is 383 g/mol. The van der Waals surface area contributed by atoms with E-state index in [2.05, 4.69) is 23.2 Å². The second-order valence-electron chi connectivity index (χ2n) is 8.20. The lowest BCUT2D eigenvalue weighted by Crippen LogP contribution is -2.61. The van der Waals surface area contributed by atoms with Crippen molar-refractivity contribution in [2.75, 3.05) is 31.1 Å². The van der Waals surface area contributed by atoms with Crippen LogP contribution in [-0.4, -0.2) is 48.5 Å². The van der Waals surface area contributed by atoms with E-state index in [-0.39, 0.29) is 11.7 Å². The number of halogens is 1. The maximum absolute atomic E-state index is 14.1. The monoisotopic (exact) mass is 383 g/mol. The predicted octanol–water partition coefficient (Wildman–Crippen LogP) is 2.52. The van der Waals surface area contributed by atoms with Gasteiger partial charge in [0, 0.05) is 26.2 Å². The van der Waals surface area contributed by atoms with Crippen molar-refractivity contribution in [3.8, 4) is 6.07 Å². The Morgan fingerprint density at radius 1 is 1.18 bits per heavy atom. The molecule has 1 atom stereocenters. The molecule has 1 aromatic carbocycles. The van der Waals surface area contributed by atoms with E-state index in [1.54, 1.807) is 12.1 Å². The molecule has 4 rings (SSSR count). The number of benzene rings is 1. The Kier molecular flexibility index (Phi) is 4.96. The minimum atomic E-state index is -0.719. The lowest BCUT2D eigenvalue weighted by Gasteiger charge is -2.44. The van der Waals surface area contributed by atoms with E-state index in [4.69, 9.17) is 4.99 Å². The molecule has 0 bridgehead atoms. The van der Waals surface area contributed by atoms with E-state index >= 15 is 0 Å². The molecule has 1 aromatic rings. The Morgan fingerprint density at radius 3 is 2.46 bits per heavy atom. The van der Waals surface area contributed by atoms with Gasteiger partial charge in [-0.2, -0.15) is 5.26 Å². The Labute approximate surface area is 165 Å². The van der Waals surface area contributed by atoms with Crippen LogP contribution in [0.5, 0.6) is 0 Å². The molecular weight excluding hydrogens is 357 g/mol. The summed E-state index contributed by atoms with van der Waals surface area (Å²) in [5.74, 6) is 0.0191. The quantitative estimate of drug-likeness (QED) is 0.809. The van der Waals surface area contributed by atoms with Crippen LogP contribution >= 0.6 is 0 Å². The second-order valence-corrected chi connectivity index (χ2v) is 8.20. The summed E-state index contributed by atoms with van der Waals surface area (Å²) in [6.07, 6.45) is 3.53. The van der Waals surface area contributed by atoms with E-state index in [9.17, 15) is 14.4 Å². The van der Waals surface area contributed by atoms with Gasteiger partial charge in [0.1, 0.15) is 5.82 Å². The number of guanidine groups is 1. The van der Waals surface area contributed by atoms with Crippen molar-refractivity contribution in [1.82, 2.24) is 10.2 Å². The van der Waals surface area contributed by atoms with Gasteiger partial charge in [0.05, 0.1) is 17.3 Å². The number of anilines is 1. The smallest absolute Gasteiger partial charge is 0.246 e. The standard InChI is InChI=1S/C21H26FN5O/c1-15-6-8-21(9-7-15)16(14-23)19(28)24-20(25-21)27-12-10-26(11-13-27)18-5-3-2-4-17(18)22/h2-5,15-16H,6-13H2,1H3,(H,24,25,28). The van der Waals surface area contributed by atoms with Crippen LogP contribution in [0.3, 0.4) is 0 Å². The van der Waals surface area contributed by atoms with Gasteiger partial charge in [0.25, 0.3) is 0 Å². The van der Waals surface area contributed by atoms with Crippen molar-refractivity contribution < 1.29 is 9.18 Å². The Bertz CT molecular complexity index is 816. The van der Waals surface area contributed by atoms with Crippen LogP contribution in [0, 0.1) is 29.0 Å². The number of carbonyl (C=O) groups excluding carboxylic acids is 1. The summed E-state index contributed by atoms with van der Waals surface area (Å²) in [5.41, 5.74) is 0.0146. The molecule has 148 valence electrons. The molecule has 1 saturated heterocycles. The van der Waals surface area contributed by atoms with Gasteiger partial charge < -0.3 is 9.80 Å². The van der Waals surface area contributed by atoms with E-state index < -0.39 is 11.5 Å². The number of para-hydroxylation sites is 1. The van der Waals surface area contributed by atoms with Crippen LogP contribution in [0.25, 0.3) is 0 Å². The Hall–Kier alpha value is -2.62. The van der Waals surface area contributed by atoms with Crippen LogP contribution in [0.15, 0.2) is 29.3 Å². The first-order valence-electron chi connectivity index (χ1n) is 10.1. The first-order chi connectivity index (χ1) is 13.5. The zero-order valence-electron chi connectivity index (χ0n) is 16.2. The first kappa shape index (κ1) is 18.7. The number of rotatable bonds is 1. The third kappa shape index (κ3) is 3.32. The summed E-state index contributed by atoms with van der Waals surface area (Å²) in [6, 6.07) is 9.00. The lowest BCUT2D eigenvalue weighted by molar-refractivity contribution is -0.125. The highest BCUT2D eigenvalue weighted by Gasteiger charge is 2.49. The largest absolute Gasteiger partial charge is 0.366 e. The highest BCUT2D eigenvalue weighted by molar-refractivity contribution is 6.02. The summed E-state index contributed by atoms with van der Waals surface area (Å²) in [7, 11) is 0. The van der Waals surface area contributed by atoms with E-state index in [1.165, 1.54) is 6.07 Å². The molecule has 2 heterocycles. The van der Waals surface area contributed by atoms with Crippen molar-refractivity contribution in [2.45, 2.75) is 38.1 Å². The number of nitrogens with one attached hydrogen (secondary N) is 1. The number of hydrogen-bond acceptors (Lipinski definition) is 5. The van der Waals surface area contributed by atoms with Gasteiger partial charge in [-0.25, -0.2) is 9.38 Å². The van der Waals surface area contributed by atoms with E-state index in [0.717, 1.165) is 25.7 Å². The van der Waals surface area contributed by atoms with Gasteiger partial charge >= 0.3 is 0 Å². The molecule has 2 aliphatic heterocycles. The minimum absolute atomic E-state index is 0.216. The first-order valence-corrected chi connectivity index (χ1v) is 10.1. The molecule has 1 saturated carbocycles. The van der Waals surface area contributed by atoms with Gasteiger partial charge in [0.2, 0.25) is 11.9 Å². The summed E-state index contributed by atoms with van der Waals surface area (Å²) in [4.78, 5) is 21.7. The summed E-state index contributed by atoms with van der Waals surface area (Å²) in [6.45, 7) is 4.82. The highest BCUT2D eigenvalue weighted by Crippen LogP contribution is 2.41. The summed E-state index contributed by atoms with van der Waals surface area (Å²) >= 11 is 0. The fraction of sp³-hybridized carbons (Fsp3) is 0.571. The zero-order valence-corrected chi connectivity index (χ0v) is 16.2. The van der Waals surface area contributed by atoms with Crippen molar-refractivity contribution in [3.63, 3.8) is 0 Å². The SMILES string of the molecule is CC1CCC2(CC1)N=C(N1CCN(c3ccccc3F)CC1)NC(=O)C2C#N. The molecule has 3 aliphatic rings.